The number of aliphatic hydroxyl groups is 1. The van der Waals surface area contributed by atoms with E-state index < -0.39 is 6.10 Å². The van der Waals surface area contributed by atoms with Crippen LogP contribution in [0.3, 0.4) is 0 Å². The van der Waals surface area contributed by atoms with Gasteiger partial charge in [-0.25, -0.2) is 0 Å². The molecule has 104 valence electrons. The zero-order chi connectivity index (χ0) is 14.0. The van der Waals surface area contributed by atoms with Gasteiger partial charge >= 0.3 is 0 Å². The molecular formula is C16H23NO2. The SMILES string of the molecule is CCc1cccc2cc([C@@H](O)CNC(C)(C)C)oc12. The second-order valence-corrected chi connectivity index (χ2v) is 5.98. The lowest BCUT2D eigenvalue weighted by Gasteiger charge is -2.22. The largest absolute Gasteiger partial charge is 0.458 e. The summed E-state index contributed by atoms with van der Waals surface area (Å²) in [7, 11) is 0. The number of hydrogen-bond donors (Lipinski definition) is 2. The predicted molar refractivity (Wildman–Crippen MR) is 78.3 cm³/mol. The summed E-state index contributed by atoms with van der Waals surface area (Å²) in [5.74, 6) is 0.632. The Hall–Kier alpha value is -1.32. The van der Waals surface area contributed by atoms with E-state index in [1.54, 1.807) is 0 Å². The summed E-state index contributed by atoms with van der Waals surface area (Å²) in [4.78, 5) is 0. The maximum absolute atomic E-state index is 10.2. The number of β-amino-alcohol motifs (C(OH)–C–C–N with tert-alkyl or cyclic N) is 1. The van der Waals surface area contributed by atoms with Gasteiger partial charge in [-0.3, -0.25) is 0 Å². The van der Waals surface area contributed by atoms with Crippen LogP contribution in [0.5, 0.6) is 0 Å². The van der Waals surface area contributed by atoms with Crippen LogP contribution in [0.25, 0.3) is 11.0 Å². The summed E-state index contributed by atoms with van der Waals surface area (Å²) in [5, 5.41) is 14.5. The smallest absolute Gasteiger partial charge is 0.137 e. The molecule has 2 rings (SSSR count). The van der Waals surface area contributed by atoms with Crippen molar-refractivity contribution in [2.24, 2.45) is 0 Å². The van der Waals surface area contributed by atoms with Crippen LogP contribution in [0.15, 0.2) is 28.7 Å². The number of nitrogens with one attached hydrogen (secondary N) is 1. The number of benzene rings is 1. The summed E-state index contributed by atoms with van der Waals surface area (Å²) in [6.07, 6.45) is 0.317. The monoisotopic (exact) mass is 261 g/mol. The highest BCUT2D eigenvalue weighted by Gasteiger charge is 2.17. The molecule has 0 unspecified atom stereocenters. The van der Waals surface area contributed by atoms with Crippen molar-refractivity contribution in [3.05, 3.63) is 35.6 Å². The molecule has 3 heteroatoms. The first-order valence-corrected chi connectivity index (χ1v) is 6.85. The van der Waals surface area contributed by atoms with Crippen LogP contribution in [-0.4, -0.2) is 17.2 Å². The van der Waals surface area contributed by atoms with E-state index in [-0.39, 0.29) is 5.54 Å². The highest BCUT2D eigenvalue weighted by atomic mass is 16.4. The number of furan rings is 1. The molecule has 0 bridgehead atoms. The Bertz CT molecular complexity index is 551. The highest BCUT2D eigenvalue weighted by molar-refractivity contribution is 5.81. The van der Waals surface area contributed by atoms with Gasteiger partial charge in [0.05, 0.1) is 0 Å². The van der Waals surface area contributed by atoms with Gasteiger partial charge in [0.2, 0.25) is 0 Å². The van der Waals surface area contributed by atoms with Crippen molar-refractivity contribution in [1.29, 1.82) is 0 Å². The molecule has 19 heavy (non-hydrogen) atoms. The summed E-state index contributed by atoms with van der Waals surface area (Å²) >= 11 is 0. The third-order valence-electron chi connectivity index (χ3n) is 3.18. The fourth-order valence-electron chi connectivity index (χ4n) is 2.09. The Morgan fingerprint density at radius 1 is 1.32 bits per heavy atom. The van der Waals surface area contributed by atoms with Gasteiger partial charge in [-0.05, 0) is 38.8 Å². The fourth-order valence-corrected chi connectivity index (χ4v) is 2.09. The molecule has 2 aromatic rings. The van der Waals surface area contributed by atoms with Crippen LogP contribution in [0, 0.1) is 0 Å². The predicted octanol–water partition coefficient (Wildman–Crippen LogP) is 3.42. The van der Waals surface area contributed by atoms with Crippen molar-refractivity contribution in [2.45, 2.75) is 45.8 Å². The summed E-state index contributed by atoms with van der Waals surface area (Å²) in [6.45, 7) is 8.83. The first-order valence-electron chi connectivity index (χ1n) is 6.85. The van der Waals surface area contributed by atoms with Crippen molar-refractivity contribution < 1.29 is 9.52 Å². The second-order valence-electron chi connectivity index (χ2n) is 5.98. The number of aliphatic hydroxyl groups excluding tert-OH is 1. The molecule has 0 saturated heterocycles. The maximum atomic E-state index is 10.2. The zero-order valence-corrected chi connectivity index (χ0v) is 12.2. The molecule has 2 N–H and O–H groups in total. The van der Waals surface area contributed by atoms with Gasteiger partial charge in [0.15, 0.2) is 0 Å². The zero-order valence-electron chi connectivity index (χ0n) is 12.2. The Balaban J connectivity index is 2.21. The molecule has 0 aliphatic carbocycles. The van der Waals surface area contributed by atoms with Gasteiger partial charge in [0.1, 0.15) is 17.4 Å². The standard InChI is InChI=1S/C16H23NO2/c1-5-11-7-6-8-12-9-14(19-15(11)12)13(18)10-17-16(2,3)4/h6-9,13,17-18H,5,10H2,1-4H3/t13-/m0/s1. The van der Waals surface area contributed by atoms with E-state index in [9.17, 15) is 5.11 Å². The minimum absolute atomic E-state index is 0.0123. The van der Waals surface area contributed by atoms with Gasteiger partial charge in [0.25, 0.3) is 0 Å². The quantitative estimate of drug-likeness (QED) is 0.886. The summed E-state index contributed by atoms with van der Waals surface area (Å²) < 4.78 is 5.83. The Morgan fingerprint density at radius 2 is 2.05 bits per heavy atom. The Kier molecular flexibility index (Phi) is 3.97. The van der Waals surface area contributed by atoms with Crippen molar-refractivity contribution in [1.82, 2.24) is 5.32 Å². The van der Waals surface area contributed by atoms with E-state index in [0.717, 1.165) is 17.4 Å². The van der Waals surface area contributed by atoms with Crippen molar-refractivity contribution in [3.8, 4) is 0 Å². The van der Waals surface area contributed by atoms with Crippen molar-refractivity contribution in [2.75, 3.05) is 6.54 Å². The Morgan fingerprint density at radius 3 is 2.68 bits per heavy atom. The van der Waals surface area contributed by atoms with E-state index in [0.29, 0.717) is 12.3 Å². The normalized spacial score (nSPS) is 13.9. The minimum atomic E-state index is -0.615. The first-order chi connectivity index (χ1) is 8.90. The van der Waals surface area contributed by atoms with E-state index in [2.05, 4.69) is 39.1 Å². The third-order valence-corrected chi connectivity index (χ3v) is 3.18. The molecule has 1 atom stereocenters. The van der Waals surface area contributed by atoms with Crippen LogP contribution in [0.2, 0.25) is 0 Å². The summed E-state index contributed by atoms with van der Waals surface area (Å²) in [5.41, 5.74) is 2.07. The van der Waals surface area contributed by atoms with Crippen LogP contribution in [-0.2, 0) is 6.42 Å². The van der Waals surface area contributed by atoms with E-state index >= 15 is 0 Å². The van der Waals surface area contributed by atoms with E-state index in [1.807, 2.05) is 18.2 Å². The van der Waals surface area contributed by atoms with Crippen LogP contribution in [0.4, 0.5) is 0 Å². The molecule has 0 amide bonds. The van der Waals surface area contributed by atoms with Crippen molar-refractivity contribution >= 4 is 11.0 Å². The van der Waals surface area contributed by atoms with Gasteiger partial charge in [-0.15, -0.1) is 0 Å². The fraction of sp³-hybridized carbons (Fsp3) is 0.500. The number of para-hydroxylation sites is 1. The molecule has 0 spiro atoms. The third kappa shape index (κ3) is 3.37. The highest BCUT2D eigenvalue weighted by Crippen LogP contribution is 2.27. The molecule has 0 saturated carbocycles. The molecule has 1 heterocycles. The molecule has 1 aromatic heterocycles. The lowest BCUT2D eigenvalue weighted by Crippen LogP contribution is -2.38. The van der Waals surface area contributed by atoms with E-state index in [4.69, 9.17) is 4.42 Å². The van der Waals surface area contributed by atoms with Gasteiger partial charge in [-0.2, -0.15) is 0 Å². The molecule has 0 radical (unpaired) electrons. The maximum Gasteiger partial charge on any atom is 0.137 e. The molecular weight excluding hydrogens is 238 g/mol. The molecule has 1 aromatic carbocycles. The molecule has 0 aliphatic rings. The van der Waals surface area contributed by atoms with Gasteiger partial charge < -0.3 is 14.8 Å². The average molecular weight is 261 g/mol. The molecule has 0 fully saturated rings. The van der Waals surface area contributed by atoms with Crippen LogP contribution < -0.4 is 5.32 Å². The van der Waals surface area contributed by atoms with Crippen molar-refractivity contribution in [3.63, 3.8) is 0 Å². The van der Waals surface area contributed by atoms with Gasteiger partial charge in [0, 0.05) is 17.5 Å². The lowest BCUT2D eigenvalue weighted by molar-refractivity contribution is 0.140. The molecule has 0 aliphatic heterocycles. The Labute approximate surface area is 114 Å². The second kappa shape index (κ2) is 5.35. The van der Waals surface area contributed by atoms with Crippen LogP contribution in [0.1, 0.15) is 45.1 Å². The number of rotatable bonds is 4. The van der Waals surface area contributed by atoms with Crippen LogP contribution >= 0.6 is 0 Å². The topological polar surface area (TPSA) is 45.4 Å². The summed E-state index contributed by atoms with van der Waals surface area (Å²) in [6, 6.07) is 8.05. The average Bonchev–Trinajstić information content (AvgIpc) is 2.78. The first kappa shape index (κ1) is 14.1. The lowest BCUT2D eigenvalue weighted by atomic mass is 10.1. The number of fused-ring (bicyclic) bond motifs is 1. The minimum Gasteiger partial charge on any atom is -0.458 e. The number of aryl methyl sites for hydroxylation is 1. The number of hydrogen-bond acceptors (Lipinski definition) is 3. The van der Waals surface area contributed by atoms with E-state index in [1.165, 1.54) is 5.56 Å². The van der Waals surface area contributed by atoms with Gasteiger partial charge in [-0.1, -0.05) is 25.1 Å². The molecule has 3 nitrogen and oxygen atoms in total.